The van der Waals surface area contributed by atoms with Crippen molar-refractivity contribution in [1.29, 1.82) is 0 Å². The minimum atomic E-state index is -3.05. The van der Waals surface area contributed by atoms with Gasteiger partial charge in [0.2, 0.25) is 10.0 Å². The lowest BCUT2D eigenvalue weighted by molar-refractivity contribution is 0.136. The maximum atomic E-state index is 10.4. The number of nitrogens with two attached hydrogens (primary N) is 1. The van der Waals surface area contributed by atoms with Crippen LogP contribution in [0.4, 0.5) is 0 Å². The number of rotatable bonds is 5. The van der Waals surface area contributed by atoms with Crippen molar-refractivity contribution in [3.05, 3.63) is 0 Å². The van der Waals surface area contributed by atoms with Gasteiger partial charge in [-0.1, -0.05) is 0 Å². The Morgan fingerprint density at radius 1 is 1.60 bits per heavy atom. The summed E-state index contributed by atoms with van der Waals surface area (Å²) in [5.74, 6) is 4.70. The Kier molecular flexibility index (Phi) is 4.54. The molecule has 0 spiro atoms. The van der Waals surface area contributed by atoms with Crippen molar-refractivity contribution in [2.45, 2.75) is 6.42 Å². The molecule has 0 aliphatic rings. The SMILES string of the molecule is CS(=O)(=O)NCCCON. The second kappa shape index (κ2) is 4.62. The molecule has 0 aromatic carbocycles. The molecule has 0 unspecified atom stereocenters. The average Bonchev–Trinajstić information content (AvgIpc) is 1.78. The first-order valence-corrected chi connectivity index (χ1v) is 4.72. The number of nitrogens with one attached hydrogen (secondary N) is 1. The predicted octanol–water partition coefficient (Wildman–Crippen LogP) is -1.18. The van der Waals surface area contributed by atoms with Gasteiger partial charge < -0.3 is 4.84 Å². The van der Waals surface area contributed by atoms with Crippen LogP contribution in [0, 0.1) is 0 Å². The molecule has 0 atom stereocenters. The molecule has 0 saturated carbocycles. The van der Waals surface area contributed by atoms with Gasteiger partial charge in [-0.3, -0.25) is 0 Å². The summed E-state index contributed by atoms with van der Waals surface area (Å²) >= 11 is 0. The Bertz CT molecular complexity index is 165. The molecule has 3 N–H and O–H groups in total. The van der Waals surface area contributed by atoms with Crippen LogP contribution in [0.3, 0.4) is 0 Å². The smallest absolute Gasteiger partial charge is 0.208 e. The van der Waals surface area contributed by atoms with E-state index in [0.717, 1.165) is 6.26 Å². The molecule has 62 valence electrons. The van der Waals surface area contributed by atoms with E-state index in [2.05, 4.69) is 9.56 Å². The highest BCUT2D eigenvalue weighted by Gasteiger charge is 1.97. The third-order valence-corrected chi connectivity index (χ3v) is 1.53. The van der Waals surface area contributed by atoms with Crippen molar-refractivity contribution in [3.63, 3.8) is 0 Å². The summed E-state index contributed by atoms with van der Waals surface area (Å²) in [5.41, 5.74) is 0. The van der Waals surface area contributed by atoms with Gasteiger partial charge in [-0.2, -0.15) is 0 Å². The van der Waals surface area contributed by atoms with Crippen molar-refractivity contribution in [2.75, 3.05) is 19.4 Å². The fourth-order valence-corrected chi connectivity index (χ4v) is 0.928. The van der Waals surface area contributed by atoms with Crippen molar-refractivity contribution in [1.82, 2.24) is 4.72 Å². The normalized spacial score (nSPS) is 11.8. The molecule has 0 radical (unpaired) electrons. The van der Waals surface area contributed by atoms with Gasteiger partial charge in [-0.15, -0.1) is 0 Å². The zero-order valence-corrected chi connectivity index (χ0v) is 6.65. The molecule has 0 aromatic rings. The molecule has 6 heteroatoms. The summed E-state index contributed by atoms with van der Waals surface area (Å²) < 4.78 is 23.1. The maximum absolute atomic E-state index is 10.4. The molecule has 0 saturated heterocycles. The molecule has 0 amide bonds. The van der Waals surface area contributed by atoms with Crippen molar-refractivity contribution in [3.8, 4) is 0 Å². The van der Waals surface area contributed by atoms with Gasteiger partial charge in [0.15, 0.2) is 0 Å². The molecule has 0 heterocycles. The molecule has 0 fully saturated rings. The zero-order chi connectivity index (χ0) is 8.04. The van der Waals surface area contributed by atoms with Crippen molar-refractivity contribution >= 4 is 10.0 Å². The maximum Gasteiger partial charge on any atom is 0.208 e. The highest BCUT2D eigenvalue weighted by molar-refractivity contribution is 7.88. The van der Waals surface area contributed by atoms with Crippen LogP contribution in [0.25, 0.3) is 0 Å². The first-order valence-electron chi connectivity index (χ1n) is 2.82. The third-order valence-electron chi connectivity index (χ3n) is 0.803. The lowest BCUT2D eigenvalue weighted by Gasteiger charge is -1.99. The third kappa shape index (κ3) is 7.83. The molecule has 5 nitrogen and oxygen atoms in total. The van der Waals surface area contributed by atoms with E-state index in [0.29, 0.717) is 19.6 Å². The van der Waals surface area contributed by atoms with Crippen molar-refractivity contribution in [2.24, 2.45) is 5.90 Å². The molecule has 0 rings (SSSR count). The molecule has 0 aromatic heterocycles. The monoisotopic (exact) mass is 168 g/mol. The summed E-state index contributed by atoms with van der Waals surface area (Å²) in [4.78, 5) is 4.22. The molecule has 0 aliphatic carbocycles. The highest BCUT2D eigenvalue weighted by atomic mass is 32.2. The number of hydrogen-bond acceptors (Lipinski definition) is 4. The van der Waals surface area contributed by atoms with Crippen LogP contribution in [0.5, 0.6) is 0 Å². The van der Waals surface area contributed by atoms with Gasteiger partial charge in [0.25, 0.3) is 0 Å². The average molecular weight is 168 g/mol. The van der Waals surface area contributed by atoms with Crippen LogP contribution >= 0.6 is 0 Å². The van der Waals surface area contributed by atoms with E-state index in [9.17, 15) is 8.42 Å². The van der Waals surface area contributed by atoms with Gasteiger partial charge in [0, 0.05) is 6.54 Å². The van der Waals surface area contributed by atoms with Crippen molar-refractivity contribution < 1.29 is 13.3 Å². The van der Waals surface area contributed by atoms with Crippen LogP contribution in [-0.2, 0) is 14.9 Å². The van der Waals surface area contributed by atoms with Gasteiger partial charge in [0.05, 0.1) is 12.9 Å². The Labute approximate surface area is 60.6 Å². The Morgan fingerprint density at radius 2 is 2.20 bits per heavy atom. The van der Waals surface area contributed by atoms with Crippen LogP contribution in [-0.4, -0.2) is 27.8 Å². The molecular weight excluding hydrogens is 156 g/mol. The number of hydrogen-bond donors (Lipinski definition) is 2. The Morgan fingerprint density at radius 3 is 2.60 bits per heavy atom. The minimum Gasteiger partial charge on any atom is -0.305 e. The van der Waals surface area contributed by atoms with E-state index in [1.165, 1.54) is 0 Å². The second-order valence-electron chi connectivity index (χ2n) is 1.89. The van der Waals surface area contributed by atoms with E-state index < -0.39 is 10.0 Å². The van der Waals surface area contributed by atoms with Crippen LogP contribution in [0.2, 0.25) is 0 Å². The summed E-state index contributed by atoms with van der Waals surface area (Å²) in [5, 5.41) is 0. The Balaban J connectivity index is 3.21. The first kappa shape index (κ1) is 9.83. The van der Waals surface area contributed by atoms with Crippen LogP contribution in [0.15, 0.2) is 0 Å². The highest BCUT2D eigenvalue weighted by Crippen LogP contribution is 1.78. The molecule has 0 bridgehead atoms. The fraction of sp³-hybridized carbons (Fsp3) is 1.00. The molecular formula is C4H12N2O3S. The lowest BCUT2D eigenvalue weighted by atomic mass is 10.5. The lowest BCUT2D eigenvalue weighted by Crippen LogP contribution is -2.24. The fourth-order valence-electron chi connectivity index (χ4n) is 0.413. The van der Waals surface area contributed by atoms with E-state index >= 15 is 0 Å². The largest absolute Gasteiger partial charge is 0.305 e. The van der Waals surface area contributed by atoms with Gasteiger partial charge >= 0.3 is 0 Å². The summed E-state index contributed by atoms with van der Waals surface area (Å²) in [6, 6.07) is 0. The summed E-state index contributed by atoms with van der Waals surface area (Å²) in [6.45, 7) is 0.735. The van der Waals surface area contributed by atoms with E-state index in [4.69, 9.17) is 5.90 Å². The zero-order valence-electron chi connectivity index (χ0n) is 5.83. The standard InChI is InChI=1S/C4H12N2O3S/c1-10(7,8)6-3-2-4-9-5/h6H,2-5H2,1H3. The van der Waals surface area contributed by atoms with Gasteiger partial charge in [0.1, 0.15) is 0 Å². The molecule has 10 heavy (non-hydrogen) atoms. The summed E-state index contributed by atoms with van der Waals surface area (Å²) in [6.07, 6.45) is 1.69. The van der Waals surface area contributed by atoms with E-state index in [1.54, 1.807) is 0 Å². The predicted molar refractivity (Wildman–Crippen MR) is 37.6 cm³/mol. The van der Waals surface area contributed by atoms with Gasteiger partial charge in [-0.25, -0.2) is 19.0 Å². The quantitative estimate of drug-likeness (QED) is 0.400. The first-order chi connectivity index (χ1) is 4.56. The van der Waals surface area contributed by atoms with Crippen LogP contribution < -0.4 is 10.6 Å². The topological polar surface area (TPSA) is 81.4 Å². The number of sulfonamides is 1. The Hall–Kier alpha value is -0.170. The second-order valence-corrected chi connectivity index (χ2v) is 3.72. The van der Waals surface area contributed by atoms with E-state index in [-0.39, 0.29) is 0 Å². The molecule has 0 aliphatic heterocycles. The van der Waals surface area contributed by atoms with E-state index in [1.807, 2.05) is 0 Å². The van der Waals surface area contributed by atoms with Gasteiger partial charge in [-0.05, 0) is 6.42 Å². The van der Waals surface area contributed by atoms with Crippen LogP contribution in [0.1, 0.15) is 6.42 Å². The minimum absolute atomic E-state index is 0.364. The summed E-state index contributed by atoms with van der Waals surface area (Å²) in [7, 11) is -3.05.